The summed E-state index contributed by atoms with van der Waals surface area (Å²) in [5, 5.41) is 0.486. The van der Waals surface area contributed by atoms with Crippen molar-refractivity contribution in [2.24, 2.45) is 0 Å². The number of hydrogen-bond donors (Lipinski definition) is 2. The first-order valence-corrected chi connectivity index (χ1v) is 9.86. The lowest BCUT2D eigenvalue weighted by molar-refractivity contribution is -0.120. The van der Waals surface area contributed by atoms with Gasteiger partial charge in [0.15, 0.2) is 5.78 Å². The maximum absolute atomic E-state index is 12.6. The highest BCUT2D eigenvalue weighted by Gasteiger charge is 2.42. The summed E-state index contributed by atoms with van der Waals surface area (Å²) in [6, 6.07) is 0. The fraction of sp³-hybridized carbons (Fsp3) is 0.733. The van der Waals surface area contributed by atoms with Crippen molar-refractivity contribution in [3.8, 4) is 0 Å². The van der Waals surface area contributed by atoms with Gasteiger partial charge in [0.05, 0.1) is 12.1 Å². The molecule has 1 aromatic rings. The fourth-order valence-corrected chi connectivity index (χ4v) is 5.33. The predicted molar refractivity (Wildman–Crippen MR) is 89.5 cm³/mol. The number of rotatable bonds is 5. The molecular weight excluding hydrogens is 306 g/mol. The Morgan fingerprint density at radius 2 is 1.95 bits per heavy atom. The molecular formula is C15H25NO3S2. The van der Waals surface area contributed by atoms with Gasteiger partial charge in [0, 0.05) is 10.1 Å². The molecule has 6 heteroatoms. The Bertz CT molecular complexity index is 512. The van der Waals surface area contributed by atoms with E-state index in [2.05, 4.69) is 4.98 Å². The average molecular weight is 332 g/mol. The zero-order valence-electron chi connectivity index (χ0n) is 13.2. The number of nitrogens with zero attached hydrogens (tertiary/aromatic N) is 1. The zero-order valence-corrected chi connectivity index (χ0v) is 14.8. The molecule has 0 saturated carbocycles. The first kappa shape index (κ1) is 16.9. The van der Waals surface area contributed by atoms with Crippen LogP contribution in [0.3, 0.4) is 0 Å². The van der Waals surface area contributed by atoms with Crippen molar-refractivity contribution >= 4 is 27.7 Å². The first-order chi connectivity index (χ1) is 9.66. The second kappa shape index (κ2) is 5.99. The van der Waals surface area contributed by atoms with Gasteiger partial charge in [-0.3, -0.25) is 13.9 Å². The number of Topliss-reactive ketones (excluding diaryl/α,β-unsaturated/α-hetero) is 1. The highest BCUT2D eigenvalue weighted by molar-refractivity contribution is 8.26. The molecule has 0 atom stereocenters. The summed E-state index contributed by atoms with van der Waals surface area (Å²) in [5.41, 5.74) is 1.14. The van der Waals surface area contributed by atoms with Crippen LogP contribution in [0.2, 0.25) is 0 Å². The Labute approximate surface area is 132 Å². The number of fused-ring (bicyclic) bond motifs is 1. The molecule has 0 radical (unpaired) electrons. The van der Waals surface area contributed by atoms with E-state index in [1.54, 1.807) is 39.0 Å². The maximum atomic E-state index is 12.6. The van der Waals surface area contributed by atoms with Crippen LogP contribution in [0.5, 0.6) is 0 Å². The monoisotopic (exact) mass is 331 g/mol. The summed E-state index contributed by atoms with van der Waals surface area (Å²) in [5.74, 6) is -0.137. The number of carbonyl (C=O) groups excluding carboxylic acids is 1. The van der Waals surface area contributed by atoms with E-state index in [1.165, 1.54) is 17.7 Å². The lowest BCUT2D eigenvalue weighted by Crippen LogP contribution is -2.41. The Morgan fingerprint density at radius 3 is 2.52 bits per heavy atom. The van der Waals surface area contributed by atoms with Gasteiger partial charge in [-0.2, -0.15) is 10.6 Å². The van der Waals surface area contributed by atoms with Crippen molar-refractivity contribution in [1.29, 1.82) is 0 Å². The minimum atomic E-state index is -2.97. The summed E-state index contributed by atoms with van der Waals surface area (Å²) in [6.07, 6.45) is 4.63. The van der Waals surface area contributed by atoms with Crippen LogP contribution in [-0.2, 0) is 24.1 Å². The molecule has 21 heavy (non-hydrogen) atoms. The topological polar surface area (TPSA) is 70.4 Å². The van der Waals surface area contributed by atoms with Gasteiger partial charge < -0.3 is 0 Å². The predicted octanol–water partition coefficient (Wildman–Crippen LogP) is 4.07. The summed E-state index contributed by atoms with van der Waals surface area (Å²) in [4.78, 5) is 18.4. The summed E-state index contributed by atoms with van der Waals surface area (Å²) in [7, 11) is -2.97. The molecule has 0 spiro atoms. The molecule has 0 aliphatic heterocycles. The molecule has 120 valence electrons. The van der Waals surface area contributed by atoms with Gasteiger partial charge in [0.1, 0.15) is 9.75 Å². The number of ketones is 1. The van der Waals surface area contributed by atoms with Gasteiger partial charge >= 0.3 is 0 Å². The molecule has 1 aliphatic carbocycles. The number of aromatic nitrogens is 1. The molecule has 0 aromatic carbocycles. The number of carbonyl (C=O) groups is 1. The Hall–Kier alpha value is -0.430. The second-order valence-electron chi connectivity index (χ2n) is 6.44. The largest absolute Gasteiger partial charge is 0.298 e. The molecule has 4 nitrogen and oxygen atoms in total. The van der Waals surface area contributed by atoms with Crippen LogP contribution in [-0.4, -0.2) is 29.9 Å². The van der Waals surface area contributed by atoms with Gasteiger partial charge in [0.25, 0.3) is 0 Å². The molecule has 0 bridgehead atoms. The van der Waals surface area contributed by atoms with E-state index in [9.17, 15) is 13.9 Å². The molecule has 1 heterocycles. The van der Waals surface area contributed by atoms with Crippen LogP contribution in [0, 0.1) is 0 Å². The van der Waals surface area contributed by atoms with Crippen molar-refractivity contribution in [2.45, 2.75) is 69.8 Å². The minimum absolute atomic E-state index is 0.137. The Balaban J connectivity index is 2.15. The lowest BCUT2D eigenvalue weighted by Gasteiger charge is -2.48. The van der Waals surface area contributed by atoms with Crippen molar-refractivity contribution in [3.05, 3.63) is 15.6 Å². The van der Waals surface area contributed by atoms with Crippen LogP contribution < -0.4 is 0 Å². The van der Waals surface area contributed by atoms with E-state index in [0.29, 0.717) is 0 Å². The van der Waals surface area contributed by atoms with Crippen LogP contribution in [0.25, 0.3) is 0 Å². The molecule has 0 saturated heterocycles. The quantitative estimate of drug-likeness (QED) is 0.853. The van der Waals surface area contributed by atoms with Gasteiger partial charge in [-0.05, 0) is 53.4 Å². The third kappa shape index (κ3) is 3.18. The van der Waals surface area contributed by atoms with Gasteiger partial charge in [-0.25, -0.2) is 4.98 Å². The summed E-state index contributed by atoms with van der Waals surface area (Å²) in [6.45, 7) is 6.76. The second-order valence-corrected chi connectivity index (χ2v) is 10.8. The normalized spacial score (nSPS) is 16.9. The number of thiazole rings is 1. The molecule has 0 amide bonds. The van der Waals surface area contributed by atoms with E-state index in [4.69, 9.17) is 0 Å². The smallest absolute Gasteiger partial charge is 0.164 e. The van der Waals surface area contributed by atoms with E-state index >= 15 is 0 Å². The third-order valence-electron chi connectivity index (χ3n) is 4.28. The molecule has 1 aromatic heterocycles. The van der Waals surface area contributed by atoms with Crippen molar-refractivity contribution in [3.63, 3.8) is 0 Å². The number of hydrogen-bond acceptors (Lipinski definition) is 5. The Kier molecular flexibility index (Phi) is 4.83. The first-order valence-electron chi connectivity index (χ1n) is 7.43. The van der Waals surface area contributed by atoms with Crippen LogP contribution in [0.4, 0.5) is 0 Å². The summed E-state index contributed by atoms with van der Waals surface area (Å²) >= 11 is 1.61. The molecule has 0 fully saturated rings. The molecule has 2 N–H and O–H groups in total. The third-order valence-corrected chi connectivity index (χ3v) is 8.48. The number of aryl methyl sites for hydroxylation is 2. The van der Waals surface area contributed by atoms with Crippen molar-refractivity contribution < 1.29 is 13.9 Å². The van der Waals surface area contributed by atoms with Crippen molar-refractivity contribution in [1.82, 2.24) is 4.98 Å². The Morgan fingerprint density at radius 1 is 1.33 bits per heavy atom. The minimum Gasteiger partial charge on any atom is -0.298 e. The van der Waals surface area contributed by atoms with Gasteiger partial charge in [-0.15, -0.1) is 11.3 Å². The zero-order chi connectivity index (χ0) is 15.8. The van der Waals surface area contributed by atoms with Crippen molar-refractivity contribution in [2.75, 3.05) is 0 Å². The van der Waals surface area contributed by atoms with E-state index < -0.39 is 15.3 Å². The summed E-state index contributed by atoms with van der Waals surface area (Å²) < 4.78 is 19.5. The maximum Gasteiger partial charge on any atom is 0.164 e. The highest BCUT2D eigenvalue weighted by atomic mass is 32.3. The standard InChI is InChI=1S/C15H25NO3S2/c1-10(2)21(18,19)15(3,4)13(17)9-14-16-11-7-5-6-8-12(11)20-14/h10,18-19H,5-9H2,1-4H3. The molecule has 2 rings (SSSR count). The van der Waals surface area contributed by atoms with Crippen LogP contribution in [0.1, 0.15) is 56.1 Å². The van der Waals surface area contributed by atoms with Crippen LogP contribution >= 0.6 is 21.9 Å². The lowest BCUT2D eigenvalue weighted by atomic mass is 10.0. The van der Waals surface area contributed by atoms with Gasteiger partial charge in [0.2, 0.25) is 0 Å². The SMILES string of the molecule is CC(C)S(O)(O)C(C)(C)C(=O)Cc1nc2c(s1)CCCC2. The molecule has 1 aliphatic rings. The van der Waals surface area contributed by atoms with E-state index in [1.807, 2.05) is 0 Å². The van der Waals surface area contributed by atoms with Gasteiger partial charge in [-0.1, -0.05) is 0 Å². The van der Waals surface area contributed by atoms with Crippen LogP contribution in [0.15, 0.2) is 0 Å². The average Bonchev–Trinajstić information content (AvgIpc) is 2.80. The molecule has 0 unspecified atom stereocenters. The van der Waals surface area contributed by atoms with E-state index in [0.717, 1.165) is 23.5 Å². The fourth-order valence-electron chi connectivity index (χ4n) is 2.59. The highest BCUT2D eigenvalue weighted by Crippen LogP contribution is 2.56. The van der Waals surface area contributed by atoms with E-state index in [-0.39, 0.29) is 17.5 Å².